The van der Waals surface area contributed by atoms with Crippen molar-refractivity contribution in [2.45, 2.75) is 36.0 Å². The molecule has 3 aliphatic rings. The molecule has 0 spiro atoms. The van der Waals surface area contributed by atoms with Gasteiger partial charge in [0, 0.05) is 28.5 Å². The molecule has 3 aromatic rings. The Balaban J connectivity index is 1.52. The van der Waals surface area contributed by atoms with Gasteiger partial charge in [-0.2, -0.15) is 0 Å². The molecule has 0 unspecified atom stereocenters. The van der Waals surface area contributed by atoms with E-state index in [1.807, 2.05) is 29.3 Å². The molecule has 174 valence electrons. The minimum atomic E-state index is -0.579. The molecule has 8 heteroatoms. The van der Waals surface area contributed by atoms with Crippen molar-refractivity contribution in [3.8, 4) is 11.5 Å². The third-order valence-corrected chi connectivity index (χ3v) is 7.89. The van der Waals surface area contributed by atoms with Gasteiger partial charge in [0.25, 0.3) is 5.91 Å². The van der Waals surface area contributed by atoms with Crippen molar-refractivity contribution in [3.63, 3.8) is 0 Å². The van der Waals surface area contributed by atoms with Crippen LogP contribution in [0.15, 0.2) is 64.4 Å². The van der Waals surface area contributed by atoms with Gasteiger partial charge in [0.15, 0.2) is 11.4 Å². The number of carbonyl (C=O) groups excluding carboxylic acids is 1. The molecule has 1 fully saturated rings. The van der Waals surface area contributed by atoms with Crippen LogP contribution in [0.25, 0.3) is 0 Å². The number of benzene rings is 2. The summed E-state index contributed by atoms with van der Waals surface area (Å²) in [5.41, 5.74) is 2.67. The van der Waals surface area contributed by atoms with Gasteiger partial charge >= 0.3 is 0 Å². The number of hydrogen-bond donors (Lipinski definition) is 2. The van der Waals surface area contributed by atoms with Crippen molar-refractivity contribution in [3.05, 3.63) is 87.3 Å². The van der Waals surface area contributed by atoms with Crippen LogP contribution in [0.5, 0.6) is 11.5 Å². The highest BCUT2D eigenvalue weighted by molar-refractivity contribution is 7.98. The minimum Gasteiger partial charge on any atom is -0.502 e. The number of nitrogens with zero attached hydrogens (tertiary/aromatic N) is 2. The first kappa shape index (κ1) is 21.2. The number of ether oxygens (including phenoxy) is 1. The van der Waals surface area contributed by atoms with Crippen LogP contribution >= 0.6 is 11.8 Å². The number of hydrogen-bond acceptors (Lipinski definition) is 6. The fraction of sp³-hybridized carbons (Fsp3) is 0.308. The molecular formula is C26H25N3O4S. The Morgan fingerprint density at radius 3 is 2.79 bits per heavy atom. The summed E-state index contributed by atoms with van der Waals surface area (Å²) >= 11 is 1.78. The molecular weight excluding hydrogens is 450 g/mol. The summed E-state index contributed by atoms with van der Waals surface area (Å²) in [5.74, 6) is 1.39. The van der Waals surface area contributed by atoms with Gasteiger partial charge in [-0.25, -0.2) is 0 Å². The number of aromatic nitrogens is 1. The van der Waals surface area contributed by atoms with E-state index in [9.17, 15) is 14.7 Å². The molecule has 0 radical (unpaired) electrons. The maximum Gasteiger partial charge on any atom is 0.275 e. The number of nitrogens with one attached hydrogen (secondary N) is 1. The Labute approximate surface area is 201 Å². The summed E-state index contributed by atoms with van der Waals surface area (Å²) in [6.07, 6.45) is 5.19. The lowest BCUT2D eigenvalue weighted by molar-refractivity contribution is 0.0915. The van der Waals surface area contributed by atoms with E-state index >= 15 is 0 Å². The van der Waals surface area contributed by atoms with Gasteiger partial charge in [0.1, 0.15) is 18.5 Å². The average Bonchev–Trinajstić information content (AvgIpc) is 3.68. The highest BCUT2D eigenvalue weighted by Gasteiger charge is 2.37. The molecule has 2 aliphatic heterocycles. The van der Waals surface area contributed by atoms with E-state index in [1.165, 1.54) is 24.5 Å². The molecule has 3 heterocycles. The van der Waals surface area contributed by atoms with Gasteiger partial charge in [0.05, 0.1) is 6.61 Å². The van der Waals surface area contributed by atoms with Crippen molar-refractivity contribution in [2.75, 3.05) is 18.3 Å². The Morgan fingerprint density at radius 2 is 1.94 bits per heavy atom. The van der Waals surface area contributed by atoms with Crippen LogP contribution in [-0.4, -0.2) is 29.0 Å². The fourth-order valence-corrected chi connectivity index (χ4v) is 5.91. The predicted molar refractivity (Wildman–Crippen MR) is 130 cm³/mol. The minimum absolute atomic E-state index is 0.0539. The van der Waals surface area contributed by atoms with Gasteiger partial charge in [-0.1, -0.05) is 43.2 Å². The molecule has 6 rings (SSSR count). The predicted octanol–water partition coefficient (Wildman–Crippen LogP) is 3.77. The van der Waals surface area contributed by atoms with E-state index in [2.05, 4.69) is 23.5 Å². The number of pyridine rings is 1. The lowest BCUT2D eigenvalue weighted by atomic mass is 9.93. The molecule has 0 saturated heterocycles. The number of thioether (sulfide) groups is 1. The molecule has 0 bridgehead atoms. The lowest BCUT2D eigenvalue weighted by Gasteiger charge is -2.40. The molecule has 2 N–H and O–H groups in total. The second kappa shape index (κ2) is 8.43. The van der Waals surface area contributed by atoms with E-state index in [-0.39, 0.29) is 18.4 Å². The third-order valence-electron chi connectivity index (χ3n) is 6.75. The Morgan fingerprint density at radius 1 is 1.09 bits per heavy atom. The molecule has 1 amide bonds. The molecule has 1 saturated carbocycles. The van der Waals surface area contributed by atoms with Gasteiger partial charge in [-0.05, 0) is 35.6 Å². The van der Waals surface area contributed by atoms with Crippen molar-refractivity contribution in [1.29, 1.82) is 0 Å². The van der Waals surface area contributed by atoms with Crippen molar-refractivity contribution < 1.29 is 14.6 Å². The summed E-state index contributed by atoms with van der Waals surface area (Å²) in [6, 6.07) is 15.4. The summed E-state index contributed by atoms with van der Waals surface area (Å²) in [5, 5.41) is 15.3. The standard InChI is InChI=1S/C26H25N3O4S/c30-19-10-12-28-24(25(19)31)26(32)27-15-29(28)23-18-5-1-2-7-21(18)34-14-17-4-3-6-20(22(17)23)33-13-11-16-8-9-16/h1-7,10,12,16,23,31H,8-9,11,13-15H2,(H,27,32)/t23-/m0/s1. The van der Waals surface area contributed by atoms with Gasteiger partial charge in [0.2, 0.25) is 5.43 Å². The van der Waals surface area contributed by atoms with Crippen LogP contribution < -0.4 is 20.5 Å². The highest BCUT2D eigenvalue weighted by Crippen LogP contribution is 2.46. The van der Waals surface area contributed by atoms with Crippen LogP contribution in [0.2, 0.25) is 0 Å². The number of amides is 1. The zero-order valence-corrected chi connectivity index (χ0v) is 19.4. The van der Waals surface area contributed by atoms with E-state index in [0.29, 0.717) is 6.61 Å². The number of carbonyl (C=O) groups is 1. The second-order valence-corrected chi connectivity index (χ2v) is 9.98. The number of aromatic hydroxyl groups is 1. The van der Waals surface area contributed by atoms with Gasteiger partial charge in [-0.15, -0.1) is 11.8 Å². The zero-order valence-electron chi connectivity index (χ0n) is 18.6. The topological polar surface area (TPSA) is 83.8 Å². The quantitative estimate of drug-likeness (QED) is 0.585. The van der Waals surface area contributed by atoms with E-state index in [1.54, 1.807) is 22.6 Å². The van der Waals surface area contributed by atoms with Crippen molar-refractivity contribution >= 4 is 17.7 Å². The summed E-state index contributed by atoms with van der Waals surface area (Å²) in [7, 11) is 0. The Hall–Kier alpha value is -3.39. The Bertz CT molecular complexity index is 1330. The second-order valence-electron chi connectivity index (χ2n) is 8.96. The molecule has 2 aromatic carbocycles. The summed E-state index contributed by atoms with van der Waals surface area (Å²) < 4.78 is 7.98. The smallest absolute Gasteiger partial charge is 0.275 e. The zero-order chi connectivity index (χ0) is 23.2. The molecule has 1 aromatic heterocycles. The first-order valence-corrected chi connectivity index (χ1v) is 12.6. The highest BCUT2D eigenvalue weighted by atomic mass is 32.2. The van der Waals surface area contributed by atoms with E-state index in [4.69, 9.17) is 4.74 Å². The maximum absolute atomic E-state index is 12.6. The van der Waals surface area contributed by atoms with Crippen LogP contribution in [0.1, 0.15) is 52.5 Å². The largest absolute Gasteiger partial charge is 0.502 e. The molecule has 34 heavy (non-hydrogen) atoms. The lowest BCUT2D eigenvalue weighted by Crippen LogP contribution is -2.53. The summed E-state index contributed by atoms with van der Waals surface area (Å²) in [4.78, 5) is 25.9. The number of fused-ring (bicyclic) bond motifs is 3. The SMILES string of the molecule is O=C1NCN([C@H]2c3ccccc3SCc3cccc(OCCC4CC4)c32)n2ccc(=O)c(O)c21. The Kier molecular flexibility index (Phi) is 5.25. The van der Waals surface area contributed by atoms with Crippen LogP contribution in [-0.2, 0) is 5.75 Å². The van der Waals surface area contributed by atoms with Crippen LogP contribution in [0, 0.1) is 5.92 Å². The fourth-order valence-electron chi connectivity index (χ4n) is 4.82. The third kappa shape index (κ3) is 3.62. The summed E-state index contributed by atoms with van der Waals surface area (Å²) in [6.45, 7) is 0.886. The first-order valence-electron chi connectivity index (χ1n) is 11.6. The van der Waals surface area contributed by atoms with Gasteiger partial charge in [-0.3, -0.25) is 19.3 Å². The van der Waals surface area contributed by atoms with E-state index < -0.39 is 17.1 Å². The van der Waals surface area contributed by atoms with Gasteiger partial charge < -0.3 is 15.2 Å². The molecule has 1 atom stereocenters. The average molecular weight is 476 g/mol. The molecule has 1 aliphatic carbocycles. The monoisotopic (exact) mass is 475 g/mol. The van der Waals surface area contributed by atoms with Crippen molar-refractivity contribution in [2.24, 2.45) is 5.92 Å². The maximum atomic E-state index is 12.6. The van der Waals surface area contributed by atoms with Crippen molar-refractivity contribution in [1.82, 2.24) is 9.99 Å². The van der Waals surface area contributed by atoms with Crippen LogP contribution in [0.4, 0.5) is 0 Å². The van der Waals surface area contributed by atoms with E-state index in [0.717, 1.165) is 39.9 Å². The van der Waals surface area contributed by atoms with Crippen LogP contribution in [0.3, 0.4) is 0 Å². The normalized spacial score (nSPS) is 18.9. The first-order chi connectivity index (χ1) is 16.6. The molecule has 7 nitrogen and oxygen atoms in total. The number of rotatable bonds is 5.